The molecule has 0 radical (unpaired) electrons. The van der Waals surface area contributed by atoms with Crippen LogP contribution in [0, 0.1) is 0 Å². The summed E-state index contributed by atoms with van der Waals surface area (Å²) in [6.07, 6.45) is 2.11. The monoisotopic (exact) mass is 405 g/mol. The molecule has 0 saturated heterocycles. The number of anilines is 1. The van der Waals surface area contributed by atoms with Crippen LogP contribution in [0.4, 0.5) is 5.69 Å². The minimum Gasteiger partial charge on any atom is -0.494 e. The van der Waals surface area contributed by atoms with Crippen LogP contribution in [-0.4, -0.2) is 19.1 Å². The Morgan fingerprint density at radius 2 is 2.00 bits per heavy atom. The van der Waals surface area contributed by atoms with Crippen molar-refractivity contribution in [3.8, 4) is 5.75 Å². The van der Waals surface area contributed by atoms with E-state index in [2.05, 4.69) is 28.2 Å². The van der Waals surface area contributed by atoms with E-state index in [1.165, 1.54) is 0 Å². The number of benzene rings is 2. The molecule has 0 heterocycles. The van der Waals surface area contributed by atoms with Gasteiger partial charge in [-0.25, -0.2) is 0 Å². The van der Waals surface area contributed by atoms with Gasteiger partial charge in [0, 0.05) is 27.9 Å². The maximum absolute atomic E-state index is 12.5. The van der Waals surface area contributed by atoms with Crippen molar-refractivity contribution in [3.05, 3.63) is 58.1 Å². The summed E-state index contributed by atoms with van der Waals surface area (Å²) in [6, 6.07) is 13.0. The fourth-order valence-corrected chi connectivity index (χ4v) is 2.73. The van der Waals surface area contributed by atoms with Gasteiger partial charge in [0.1, 0.15) is 5.75 Å². The lowest BCUT2D eigenvalue weighted by Crippen LogP contribution is -2.13. The average Bonchev–Trinajstić information content (AvgIpc) is 2.60. The van der Waals surface area contributed by atoms with Crippen LogP contribution in [0.15, 0.2) is 46.9 Å². The third-order valence-electron chi connectivity index (χ3n) is 3.60. The van der Waals surface area contributed by atoms with Gasteiger partial charge in [-0.15, -0.1) is 0 Å². The molecule has 0 atom stereocenters. The highest BCUT2D eigenvalue weighted by molar-refractivity contribution is 9.10. The van der Waals surface area contributed by atoms with Crippen molar-refractivity contribution in [2.24, 2.45) is 0 Å². The summed E-state index contributed by atoms with van der Waals surface area (Å²) < 4.78 is 12.3. The topological polar surface area (TPSA) is 47.6 Å². The summed E-state index contributed by atoms with van der Waals surface area (Å²) in [5.41, 5.74) is 2.21. The van der Waals surface area contributed by atoms with Gasteiger partial charge in [0.05, 0.1) is 13.2 Å². The SMILES string of the molecule is CCCCOCc1cc(C(=O)Nc2cccc(Br)c2)ccc1OCC. The first-order chi connectivity index (χ1) is 12.1. The minimum absolute atomic E-state index is 0.157. The van der Waals surface area contributed by atoms with Gasteiger partial charge in [-0.05, 0) is 49.7 Å². The summed E-state index contributed by atoms with van der Waals surface area (Å²) in [5, 5.41) is 2.90. The van der Waals surface area contributed by atoms with Gasteiger partial charge in [0.25, 0.3) is 5.91 Å². The summed E-state index contributed by atoms with van der Waals surface area (Å²) >= 11 is 3.40. The number of unbranched alkanes of at least 4 members (excludes halogenated alkanes) is 1. The molecular weight excluding hydrogens is 382 g/mol. The van der Waals surface area contributed by atoms with Crippen molar-refractivity contribution in [2.75, 3.05) is 18.5 Å². The van der Waals surface area contributed by atoms with Gasteiger partial charge in [-0.2, -0.15) is 0 Å². The zero-order chi connectivity index (χ0) is 18.1. The lowest BCUT2D eigenvalue weighted by Gasteiger charge is -2.13. The lowest BCUT2D eigenvalue weighted by atomic mass is 10.1. The first-order valence-electron chi connectivity index (χ1n) is 8.54. The highest BCUT2D eigenvalue weighted by Crippen LogP contribution is 2.23. The Morgan fingerprint density at radius 3 is 2.72 bits per heavy atom. The molecule has 2 aromatic carbocycles. The Balaban J connectivity index is 2.12. The molecule has 0 spiro atoms. The highest BCUT2D eigenvalue weighted by Gasteiger charge is 2.11. The first-order valence-corrected chi connectivity index (χ1v) is 9.33. The summed E-state index contributed by atoms with van der Waals surface area (Å²) in [4.78, 5) is 12.5. The van der Waals surface area contributed by atoms with Crippen LogP contribution < -0.4 is 10.1 Å². The van der Waals surface area contributed by atoms with Gasteiger partial charge in [-0.3, -0.25) is 4.79 Å². The van der Waals surface area contributed by atoms with Gasteiger partial charge >= 0.3 is 0 Å². The predicted molar refractivity (Wildman–Crippen MR) is 104 cm³/mol. The second-order valence-electron chi connectivity index (χ2n) is 5.63. The van der Waals surface area contributed by atoms with E-state index >= 15 is 0 Å². The lowest BCUT2D eigenvalue weighted by molar-refractivity contribution is 0.102. The zero-order valence-corrected chi connectivity index (χ0v) is 16.3. The van der Waals surface area contributed by atoms with Crippen molar-refractivity contribution in [2.45, 2.75) is 33.3 Å². The number of ether oxygens (including phenoxy) is 2. The molecule has 2 aromatic rings. The Labute approximate surface area is 157 Å². The number of nitrogens with one attached hydrogen (secondary N) is 1. The van der Waals surface area contributed by atoms with Crippen molar-refractivity contribution < 1.29 is 14.3 Å². The summed E-state index contributed by atoms with van der Waals surface area (Å²) in [5.74, 6) is 0.606. The summed E-state index contributed by atoms with van der Waals surface area (Å²) in [7, 11) is 0. The van der Waals surface area contributed by atoms with E-state index in [9.17, 15) is 4.79 Å². The van der Waals surface area contributed by atoms with Gasteiger partial charge < -0.3 is 14.8 Å². The fraction of sp³-hybridized carbons (Fsp3) is 0.350. The number of hydrogen-bond acceptors (Lipinski definition) is 3. The molecule has 2 rings (SSSR count). The molecule has 0 aromatic heterocycles. The Kier molecular flexibility index (Phi) is 7.95. The third-order valence-corrected chi connectivity index (χ3v) is 4.10. The maximum Gasteiger partial charge on any atom is 0.255 e. The van der Waals surface area contributed by atoms with Crippen molar-refractivity contribution in [3.63, 3.8) is 0 Å². The Morgan fingerprint density at radius 1 is 1.16 bits per heavy atom. The van der Waals surface area contributed by atoms with E-state index in [0.717, 1.165) is 34.3 Å². The smallest absolute Gasteiger partial charge is 0.255 e. The molecule has 0 unspecified atom stereocenters. The van der Waals surface area contributed by atoms with E-state index in [1.807, 2.05) is 43.3 Å². The molecule has 5 heteroatoms. The molecule has 0 aliphatic heterocycles. The zero-order valence-electron chi connectivity index (χ0n) is 14.7. The van der Waals surface area contributed by atoms with Crippen LogP contribution in [0.2, 0.25) is 0 Å². The maximum atomic E-state index is 12.5. The number of halogens is 1. The van der Waals surface area contributed by atoms with Crippen LogP contribution in [-0.2, 0) is 11.3 Å². The van der Waals surface area contributed by atoms with E-state index in [4.69, 9.17) is 9.47 Å². The molecule has 0 bridgehead atoms. The normalized spacial score (nSPS) is 10.5. The van der Waals surface area contributed by atoms with Crippen LogP contribution in [0.5, 0.6) is 5.75 Å². The van der Waals surface area contributed by atoms with E-state index in [-0.39, 0.29) is 5.91 Å². The first kappa shape index (κ1) is 19.5. The van der Waals surface area contributed by atoms with Gasteiger partial charge in [0.2, 0.25) is 0 Å². The van der Waals surface area contributed by atoms with Crippen LogP contribution >= 0.6 is 15.9 Å². The molecule has 0 fully saturated rings. The van der Waals surface area contributed by atoms with Crippen LogP contribution in [0.25, 0.3) is 0 Å². The van der Waals surface area contributed by atoms with Crippen LogP contribution in [0.1, 0.15) is 42.6 Å². The molecule has 134 valence electrons. The number of hydrogen-bond donors (Lipinski definition) is 1. The van der Waals surface area contributed by atoms with Crippen molar-refractivity contribution in [1.29, 1.82) is 0 Å². The quantitative estimate of drug-likeness (QED) is 0.566. The predicted octanol–water partition coefficient (Wildman–Crippen LogP) is 5.42. The number of amides is 1. The number of carbonyl (C=O) groups excluding carboxylic acids is 1. The third kappa shape index (κ3) is 6.18. The van der Waals surface area contributed by atoms with Crippen molar-refractivity contribution >= 4 is 27.5 Å². The average molecular weight is 406 g/mol. The van der Waals surface area contributed by atoms with Gasteiger partial charge in [-0.1, -0.05) is 35.3 Å². The van der Waals surface area contributed by atoms with Crippen LogP contribution in [0.3, 0.4) is 0 Å². The molecule has 1 amide bonds. The van der Waals surface area contributed by atoms with Gasteiger partial charge in [0.15, 0.2) is 0 Å². The Bertz CT molecular complexity index is 703. The Hall–Kier alpha value is -1.85. The molecule has 25 heavy (non-hydrogen) atoms. The fourth-order valence-electron chi connectivity index (χ4n) is 2.33. The van der Waals surface area contributed by atoms with E-state index in [1.54, 1.807) is 6.07 Å². The number of carbonyl (C=O) groups is 1. The van der Waals surface area contributed by atoms with E-state index in [0.29, 0.717) is 25.4 Å². The largest absolute Gasteiger partial charge is 0.494 e. The molecular formula is C20H24BrNO3. The summed E-state index contributed by atoms with van der Waals surface area (Å²) in [6.45, 7) is 5.78. The molecule has 4 nitrogen and oxygen atoms in total. The molecule has 0 aliphatic rings. The highest BCUT2D eigenvalue weighted by atomic mass is 79.9. The van der Waals surface area contributed by atoms with Crippen molar-refractivity contribution in [1.82, 2.24) is 0 Å². The second kappa shape index (κ2) is 10.2. The molecule has 0 aliphatic carbocycles. The second-order valence-corrected chi connectivity index (χ2v) is 6.54. The molecule has 1 N–H and O–H groups in total. The standard InChI is InChI=1S/C20H24BrNO3/c1-3-5-11-24-14-16-12-15(9-10-19(16)25-4-2)20(23)22-18-8-6-7-17(21)13-18/h6-10,12-13H,3-5,11,14H2,1-2H3,(H,22,23). The van der Waals surface area contributed by atoms with E-state index < -0.39 is 0 Å². The minimum atomic E-state index is -0.157. The number of rotatable bonds is 9. The molecule has 0 saturated carbocycles.